The molecule has 2 heterocycles. The zero-order valence-electron chi connectivity index (χ0n) is 13.6. The van der Waals surface area contributed by atoms with Crippen LogP contribution in [0.3, 0.4) is 0 Å². The molecule has 0 bridgehead atoms. The largest absolute Gasteiger partial charge is 0.383 e. The van der Waals surface area contributed by atoms with Gasteiger partial charge in [-0.25, -0.2) is 9.97 Å². The van der Waals surface area contributed by atoms with Gasteiger partial charge in [0.2, 0.25) is 0 Å². The van der Waals surface area contributed by atoms with Gasteiger partial charge in [0.05, 0.1) is 18.2 Å². The lowest BCUT2D eigenvalue weighted by Gasteiger charge is -2.26. The second-order valence-electron chi connectivity index (χ2n) is 7.28. The minimum Gasteiger partial charge on any atom is -0.383 e. The second kappa shape index (κ2) is 4.61. The van der Waals surface area contributed by atoms with Crippen molar-refractivity contribution < 1.29 is 0 Å². The summed E-state index contributed by atoms with van der Waals surface area (Å²) in [5.74, 6) is 2.12. The van der Waals surface area contributed by atoms with E-state index in [4.69, 9.17) is 10.7 Å². The molecule has 1 saturated carbocycles. The van der Waals surface area contributed by atoms with E-state index in [1.807, 2.05) is 12.5 Å². The normalized spacial score (nSPS) is 15.9. The number of nitrogens with zero attached hydrogens (tertiary/aromatic N) is 4. The highest BCUT2D eigenvalue weighted by molar-refractivity contribution is 5.68. The highest BCUT2D eigenvalue weighted by atomic mass is 15.2. The summed E-state index contributed by atoms with van der Waals surface area (Å²) in [6.07, 6.45) is 6.23. The summed E-state index contributed by atoms with van der Waals surface area (Å²) < 4.78 is 4.38. The van der Waals surface area contributed by atoms with E-state index in [2.05, 4.69) is 48.7 Å². The number of nitrogens with two attached hydrogens (primary N) is 1. The van der Waals surface area contributed by atoms with Gasteiger partial charge in [-0.05, 0) is 33.6 Å². The molecule has 0 radical (unpaired) electrons. The van der Waals surface area contributed by atoms with E-state index < -0.39 is 0 Å². The van der Waals surface area contributed by atoms with Gasteiger partial charge in [-0.15, -0.1) is 0 Å². The number of aromatic nitrogens is 4. The number of imidazole rings is 2. The van der Waals surface area contributed by atoms with E-state index in [-0.39, 0.29) is 5.54 Å². The molecule has 1 aliphatic rings. The van der Waals surface area contributed by atoms with Gasteiger partial charge >= 0.3 is 0 Å². The van der Waals surface area contributed by atoms with Gasteiger partial charge in [0.1, 0.15) is 17.3 Å². The standard InChI is InChI=1S/C16H25N5/c1-10(2)15-19-13(14(17)21(15)16(3,4)5)12-8-18-9-20(12)11-6-7-11/h8-11H,6-7,17H2,1-5H3. The first-order valence-corrected chi connectivity index (χ1v) is 7.71. The summed E-state index contributed by atoms with van der Waals surface area (Å²) in [5, 5.41) is 0. The molecular weight excluding hydrogens is 262 g/mol. The average Bonchev–Trinajstić information content (AvgIpc) is 2.98. The van der Waals surface area contributed by atoms with Crippen molar-refractivity contribution in [2.45, 2.75) is 65.0 Å². The van der Waals surface area contributed by atoms with Crippen LogP contribution in [0.5, 0.6) is 0 Å². The number of hydrogen-bond acceptors (Lipinski definition) is 3. The molecule has 2 aromatic heterocycles. The molecule has 5 heteroatoms. The quantitative estimate of drug-likeness (QED) is 0.939. The molecule has 2 aromatic rings. The zero-order valence-corrected chi connectivity index (χ0v) is 13.6. The Morgan fingerprint density at radius 3 is 2.43 bits per heavy atom. The van der Waals surface area contributed by atoms with E-state index in [0.29, 0.717) is 12.0 Å². The molecule has 0 unspecified atom stereocenters. The van der Waals surface area contributed by atoms with Crippen LogP contribution in [0.15, 0.2) is 12.5 Å². The van der Waals surface area contributed by atoms with Crippen molar-refractivity contribution in [3.8, 4) is 11.4 Å². The summed E-state index contributed by atoms with van der Waals surface area (Å²) in [5.41, 5.74) is 8.30. The van der Waals surface area contributed by atoms with Crippen LogP contribution in [0, 0.1) is 0 Å². The van der Waals surface area contributed by atoms with Crippen molar-refractivity contribution in [2.24, 2.45) is 0 Å². The van der Waals surface area contributed by atoms with Gasteiger partial charge in [-0.2, -0.15) is 0 Å². The molecule has 0 aliphatic heterocycles. The summed E-state index contributed by atoms with van der Waals surface area (Å²) in [6, 6.07) is 0.573. The third-order valence-electron chi connectivity index (χ3n) is 3.98. The number of anilines is 1. The third-order valence-corrected chi connectivity index (χ3v) is 3.98. The van der Waals surface area contributed by atoms with Crippen LogP contribution in [0.25, 0.3) is 11.4 Å². The molecule has 114 valence electrons. The highest BCUT2D eigenvalue weighted by Gasteiger charge is 2.30. The van der Waals surface area contributed by atoms with Gasteiger partial charge in [0, 0.05) is 17.5 Å². The molecule has 0 aromatic carbocycles. The Balaban J connectivity index is 2.17. The smallest absolute Gasteiger partial charge is 0.133 e. The molecule has 0 amide bonds. The molecule has 21 heavy (non-hydrogen) atoms. The topological polar surface area (TPSA) is 61.7 Å². The minimum atomic E-state index is -0.0840. The summed E-state index contributed by atoms with van der Waals surface area (Å²) in [7, 11) is 0. The summed E-state index contributed by atoms with van der Waals surface area (Å²) >= 11 is 0. The van der Waals surface area contributed by atoms with Crippen LogP contribution >= 0.6 is 0 Å². The van der Waals surface area contributed by atoms with Gasteiger partial charge in [0.15, 0.2) is 0 Å². The first-order valence-electron chi connectivity index (χ1n) is 7.71. The molecule has 1 fully saturated rings. The fraction of sp³-hybridized carbons (Fsp3) is 0.625. The third kappa shape index (κ3) is 2.34. The first kappa shape index (κ1) is 14.2. The van der Waals surface area contributed by atoms with Gasteiger partial charge in [-0.1, -0.05) is 13.8 Å². The van der Waals surface area contributed by atoms with Crippen LogP contribution in [0.2, 0.25) is 0 Å². The molecule has 0 spiro atoms. The van der Waals surface area contributed by atoms with E-state index in [0.717, 1.165) is 23.0 Å². The molecule has 3 rings (SSSR count). The maximum Gasteiger partial charge on any atom is 0.133 e. The number of nitrogen functional groups attached to an aromatic ring is 1. The lowest BCUT2D eigenvalue weighted by atomic mass is 10.1. The average molecular weight is 287 g/mol. The number of hydrogen-bond donors (Lipinski definition) is 1. The predicted molar refractivity (Wildman–Crippen MR) is 85.2 cm³/mol. The fourth-order valence-electron chi connectivity index (χ4n) is 2.86. The SMILES string of the molecule is CC(C)c1nc(-c2cncn2C2CC2)c(N)n1C(C)(C)C. The van der Waals surface area contributed by atoms with Crippen LogP contribution < -0.4 is 5.73 Å². The fourth-order valence-corrected chi connectivity index (χ4v) is 2.86. The van der Waals surface area contributed by atoms with Gasteiger partial charge in [-0.3, -0.25) is 0 Å². The molecule has 5 nitrogen and oxygen atoms in total. The Kier molecular flexibility index (Phi) is 3.11. The molecule has 2 N–H and O–H groups in total. The van der Waals surface area contributed by atoms with Crippen LogP contribution in [-0.4, -0.2) is 19.1 Å². The van der Waals surface area contributed by atoms with Crippen LogP contribution in [0.4, 0.5) is 5.82 Å². The van der Waals surface area contributed by atoms with E-state index in [9.17, 15) is 0 Å². The van der Waals surface area contributed by atoms with E-state index >= 15 is 0 Å². The van der Waals surface area contributed by atoms with Crippen molar-refractivity contribution in [2.75, 3.05) is 5.73 Å². The van der Waals surface area contributed by atoms with Crippen LogP contribution in [0.1, 0.15) is 65.2 Å². The monoisotopic (exact) mass is 287 g/mol. The molecule has 1 aliphatic carbocycles. The Bertz CT molecular complexity index is 653. The van der Waals surface area contributed by atoms with E-state index in [1.54, 1.807) is 0 Å². The Morgan fingerprint density at radius 2 is 1.95 bits per heavy atom. The predicted octanol–water partition coefficient (Wildman–Crippen LogP) is 3.54. The Morgan fingerprint density at radius 1 is 1.29 bits per heavy atom. The molecule has 0 saturated heterocycles. The van der Waals surface area contributed by atoms with Crippen molar-refractivity contribution in [3.05, 3.63) is 18.3 Å². The Labute approximate surface area is 126 Å². The first-order chi connectivity index (χ1) is 9.80. The van der Waals surface area contributed by atoms with Crippen molar-refractivity contribution in [3.63, 3.8) is 0 Å². The number of rotatable bonds is 3. The summed E-state index contributed by atoms with van der Waals surface area (Å²) in [4.78, 5) is 9.17. The zero-order chi connectivity index (χ0) is 15.4. The Hall–Kier alpha value is -1.78. The maximum atomic E-state index is 6.47. The van der Waals surface area contributed by atoms with Crippen molar-refractivity contribution in [1.29, 1.82) is 0 Å². The highest BCUT2D eigenvalue weighted by Crippen LogP contribution is 2.40. The van der Waals surface area contributed by atoms with Crippen molar-refractivity contribution >= 4 is 5.82 Å². The maximum absolute atomic E-state index is 6.47. The minimum absolute atomic E-state index is 0.0840. The van der Waals surface area contributed by atoms with Crippen LogP contribution in [-0.2, 0) is 5.54 Å². The lowest BCUT2D eigenvalue weighted by molar-refractivity contribution is 0.382. The van der Waals surface area contributed by atoms with Crippen molar-refractivity contribution in [1.82, 2.24) is 19.1 Å². The molecule has 0 atom stereocenters. The molecular formula is C16H25N5. The second-order valence-corrected chi connectivity index (χ2v) is 7.28. The lowest BCUT2D eigenvalue weighted by Crippen LogP contribution is -2.26. The van der Waals surface area contributed by atoms with Gasteiger partial charge < -0.3 is 14.9 Å². The van der Waals surface area contributed by atoms with Gasteiger partial charge in [0.25, 0.3) is 0 Å². The summed E-state index contributed by atoms with van der Waals surface area (Å²) in [6.45, 7) is 10.8. The van der Waals surface area contributed by atoms with E-state index in [1.165, 1.54) is 12.8 Å².